The van der Waals surface area contributed by atoms with Crippen LogP contribution in [-0.4, -0.2) is 54.0 Å². The Bertz CT molecular complexity index is 1230. The van der Waals surface area contributed by atoms with Gasteiger partial charge >= 0.3 is 5.97 Å². The van der Waals surface area contributed by atoms with Crippen molar-refractivity contribution >= 4 is 28.7 Å². The van der Waals surface area contributed by atoms with Crippen LogP contribution in [0.25, 0.3) is 10.9 Å². The number of likely N-dealkylation sites (tertiary alicyclic amines) is 1. The second-order valence-corrected chi connectivity index (χ2v) is 8.88. The molecule has 0 aliphatic carbocycles. The quantitative estimate of drug-likeness (QED) is 0.432. The minimum atomic E-state index is -1.40. The van der Waals surface area contributed by atoms with Crippen molar-refractivity contribution < 1.29 is 23.9 Å². The largest absolute Gasteiger partial charge is 0.497 e. The highest BCUT2D eigenvalue weighted by Crippen LogP contribution is 2.50. The number of carbonyl (C=O) groups is 3. The molecule has 0 saturated carbocycles. The predicted octanol–water partition coefficient (Wildman–Crippen LogP) is 2.60. The summed E-state index contributed by atoms with van der Waals surface area (Å²) >= 11 is 0. The number of aromatic nitrogens is 1. The molecular weight excluding hydrogens is 434 g/mol. The summed E-state index contributed by atoms with van der Waals surface area (Å²) in [7, 11) is 3.06. The number of esters is 1. The van der Waals surface area contributed by atoms with Crippen molar-refractivity contribution in [3.8, 4) is 5.75 Å². The van der Waals surface area contributed by atoms with Crippen molar-refractivity contribution in [2.45, 2.75) is 24.9 Å². The lowest BCUT2D eigenvalue weighted by molar-refractivity contribution is -0.156. The van der Waals surface area contributed by atoms with Crippen LogP contribution in [0.15, 0.2) is 54.6 Å². The van der Waals surface area contributed by atoms with Crippen LogP contribution < -0.4 is 10.1 Å². The number of hydrogen-bond acceptors (Lipinski definition) is 6. The third kappa shape index (κ3) is 3.28. The van der Waals surface area contributed by atoms with Crippen molar-refractivity contribution in [1.29, 1.82) is 0 Å². The molecular formula is C26H27N3O5. The molecule has 2 aliphatic heterocycles. The monoisotopic (exact) mass is 461 g/mol. The Morgan fingerprint density at radius 1 is 1.09 bits per heavy atom. The normalized spacial score (nSPS) is 26.2. The van der Waals surface area contributed by atoms with Gasteiger partial charge in [-0.25, -0.2) is 0 Å². The van der Waals surface area contributed by atoms with E-state index < -0.39 is 29.4 Å². The minimum Gasteiger partial charge on any atom is -0.497 e. The Morgan fingerprint density at radius 2 is 1.82 bits per heavy atom. The van der Waals surface area contributed by atoms with Gasteiger partial charge < -0.3 is 14.5 Å². The van der Waals surface area contributed by atoms with E-state index in [-0.39, 0.29) is 24.8 Å². The topological polar surface area (TPSA) is 101 Å². The molecule has 34 heavy (non-hydrogen) atoms. The number of H-pyrrole nitrogens is 1. The number of imide groups is 1. The molecule has 4 atom stereocenters. The Kier molecular flexibility index (Phi) is 5.40. The lowest BCUT2D eigenvalue weighted by Gasteiger charge is -2.32. The number of benzene rings is 2. The highest BCUT2D eigenvalue weighted by atomic mass is 16.5. The van der Waals surface area contributed by atoms with Crippen molar-refractivity contribution in [2.75, 3.05) is 20.8 Å². The van der Waals surface area contributed by atoms with Crippen LogP contribution in [-0.2, 0) is 25.5 Å². The molecule has 2 N–H and O–H groups in total. The van der Waals surface area contributed by atoms with Gasteiger partial charge in [0.05, 0.1) is 25.6 Å². The van der Waals surface area contributed by atoms with Crippen molar-refractivity contribution in [3.05, 3.63) is 65.9 Å². The number of carbonyl (C=O) groups excluding carboxylic acids is 3. The second kappa shape index (κ2) is 8.29. The summed E-state index contributed by atoms with van der Waals surface area (Å²) in [5, 5.41) is 4.42. The maximum absolute atomic E-state index is 13.6. The molecule has 176 valence electrons. The zero-order valence-corrected chi connectivity index (χ0v) is 19.3. The number of methoxy groups -OCH3 is 1. The molecule has 0 spiro atoms. The number of nitrogens with one attached hydrogen (secondary N) is 2. The van der Waals surface area contributed by atoms with Gasteiger partial charge in [-0.05, 0) is 42.1 Å². The van der Waals surface area contributed by atoms with Gasteiger partial charge in [0.1, 0.15) is 11.3 Å². The van der Waals surface area contributed by atoms with Gasteiger partial charge in [-0.1, -0.05) is 30.3 Å². The van der Waals surface area contributed by atoms with E-state index in [4.69, 9.17) is 9.47 Å². The van der Waals surface area contributed by atoms with Crippen LogP contribution >= 0.6 is 0 Å². The summed E-state index contributed by atoms with van der Waals surface area (Å²) in [6, 6.07) is 16.6. The summed E-state index contributed by atoms with van der Waals surface area (Å²) in [6.45, 7) is 1.90. The van der Waals surface area contributed by atoms with E-state index in [1.165, 1.54) is 7.05 Å². The first-order chi connectivity index (χ1) is 16.4. The molecule has 8 nitrogen and oxygen atoms in total. The average molecular weight is 462 g/mol. The van der Waals surface area contributed by atoms with E-state index in [9.17, 15) is 14.4 Å². The Labute approximate surface area is 197 Å². The molecule has 0 bridgehead atoms. The summed E-state index contributed by atoms with van der Waals surface area (Å²) in [5.74, 6) is -2.13. The number of hydrogen-bond donors (Lipinski definition) is 2. The molecule has 2 amide bonds. The molecule has 2 saturated heterocycles. The number of aromatic amines is 1. The number of nitrogens with zero attached hydrogens (tertiary/aromatic N) is 1. The van der Waals surface area contributed by atoms with Crippen LogP contribution in [0.5, 0.6) is 5.75 Å². The van der Waals surface area contributed by atoms with E-state index in [1.54, 1.807) is 26.2 Å². The molecule has 2 aliphatic rings. The van der Waals surface area contributed by atoms with Gasteiger partial charge in [-0.15, -0.1) is 0 Å². The minimum absolute atomic E-state index is 0.164. The van der Waals surface area contributed by atoms with Crippen molar-refractivity contribution in [2.24, 2.45) is 11.8 Å². The zero-order chi connectivity index (χ0) is 24.0. The fraction of sp³-hybridized carbons (Fsp3) is 0.346. The van der Waals surface area contributed by atoms with E-state index in [1.807, 2.05) is 42.5 Å². The summed E-state index contributed by atoms with van der Waals surface area (Å²) in [5.41, 5.74) is 1.12. The molecule has 3 heterocycles. The maximum atomic E-state index is 13.6. The van der Waals surface area contributed by atoms with Crippen molar-refractivity contribution in [3.63, 3.8) is 0 Å². The second-order valence-electron chi connectivity index (χ2n) is 8.88. The van der Waals surface area contributed by atoms with Gasteiger partial charge in [0.15, 0.2) is 0 Å². The average Bonchev–Trinajstić information content (AvgIpc) is 3.48. The van der Waals surface area contributed by atoms with E-state index in [0.717, 1.165) is 27.1 Å². The SMILES string of the molecule is CCOC(=O)[C@@]1(Cc2cc3ccccc3[nH]2)N[C@@H](c2ccc(OC)cc2)[C@H]2C(=O)N(C)C(=O)[C@H]21. The highest BCUT2D eigenvalue weighted by molar-refractivity contribution is 6.09. The molecule has 2 aromatic carbocycles. The van der Waals surface area contributed by atoms with Crippen LogP contribution in [0, 0.1) is 11.8 Å². The van der Waals surface area contributed by atoms with E-state index in [0.29, 0.717) is 5.75 Å². The van der Waals surface area contributed by atoms with Gasteiger partial charge in [0.25, 0.3) is 0 Å². The molecule has 5 rings (SSSR count). The molecule has 1 aromatic heterocycles. The number of rotatable bonds is 6. The Balaban J connectivity index is 1.63. The third-order valence-electron chi connectivity index (χ3n) is 7.04. The Morgan fingerprint density at radius 3 is 2.50 bits per heavy atom. The lowest BCUT2D eigenvalue weighted by Crippen LogP contribution is -2.57. The number of amides is 2. The van der Waals surface area contributed by atoms with Gasteiger partial charge in [-0.3, -0.25) is 24.6 Å². The first-order valence-corrected chi connectivity index (χ1v) is 11.4. The summed E-state index contributed by atoms with van der Waals surface area (Å²) in [6.07, 6.45) is 0.182. The van der Waals surface area contributed by atoms with Crippen LogP contribution in [0.2, 0.25) is 0 Å². The third-order valence-corrected chi connectivity index (χ3v) is 7.04. The van der Waals surface area contributed by atoms with Gasteiger partial charge in [-0.2, -0.15) is 0 Å². The first-order valence-electron chi connectivity index (χ1n) is 11.4. The van der Waals surface area contributed by atoms with Crippen LogP contribution in [0.3, 0.4) is 0 Å². The molecule has 2 fully saturated rings. The molecule has 8 heteroatoms. The first kappa shape index (κ1) is 22.2. The maximum Gasteiger partial charge on any atom is 0.327 e. The fourth-order valence-electron chi connectivity index (χ4n) is 5.46. The molecule has 0 unspecified atom stereocenters. The lowest BCUT2D eigenvalue weighted by atomic mass is 9.77. The smallest absolute Gasteiger partial charge is 0.327 e. The van der Waals surface area contributed by atoms with Gasteiger partial charge in [0.2, 0.25) is 11.8 Å². The van der Waals surface area contributed by atoms with Crippen LogP contribution in [0.4, 0.5) is 0 Å². The summed E-state index contributed by atoms with van der Waals surface area (Å²) in [4.78, 5) is 44.7. The standard InChI is InChI=1S/C26H27N3O5/c1-4-34-25(32)26(14-17-13-16-7-5-6-8-19(16)27-17)21-20(23(30)29(2)24(21)31)22(28-26)15-9-11-18(33-3)12-10-15/h5-13,20-22,27-28H,4,14H2,1-3H3/t20-,21-,22-,26-/m0/s1. The van der Waals surface area contributed by atoms with Gasteiger partial charge in [0, 0.05) is 30.7 Å². The molecule has 0 radical (unpaired) electrons. The van der Waals surface area contributed by atoms with Crippen LogP contribution in [0.1, 0.15) is 24.2 Å². The zero-order valence-electron chi connectivity index (χ0n) is 19.3. The summed E-state index contributed by atoms with van der Waals surface area (Å²) < 4.78 is 10.8. The number of ether oxygens (including phenoxy) is 2. The predicted molar refractivity (Wildman–Crippen MR) is 125 cm³/mol. The number of fused-ring (bicyclic) bond motifs is 2. The highest BCUT2D eigenvalue weighted by Gasteiger charge is 2.68. The Hall–Kier alpha value is -3.65. The van der Waals surface area contributed by atoms with E-state index >= 15 is 0 Å². The fourth-order valence-corrected chi connectivity index (χ4v) is 5.46. The number of para-hydroxylation sites is 1. The molecule has 3 aromatic rings. The van der Waals surface area contributed by atoms with Crippen molar-refractivity contribution in [1.82, 2.24) is 15.2 Å². The van der Waals surface area contributed by atoms with E-state index in [2.05, 4.69) is 10.3 Å².